The second-order valence-electron chi connectivity index (χ2n) is 5.58. The normalized spacial score (nSPS) is 28.7. The summed E-state index contributed by atoms with van der Waals surface area (Å²) in [6.07, 6.45) is 3.65. The lowest BCUT2D eigenvalue weighted by Gasteiger charge is -2.33. The van der Waals surface area contributed by atoms with Gasteiger partial charge in [-0.1, -0.05) is 20.3 Å². The van der Waals surface area contributed by atoms with Crippen LogP contribution in [-0.4, -0.2) is 55.6 Å². The van der Waals surface area contributed by atoms with Gasteiger partial charge in [-0.15, -0.1) is 0 Å². The molecule has 1 aliphatic heterocycles. The van der Waals surface area contributed by atoms with Crippen molar-refractivity contribution >= 4 is 0 Å². The highest BCUT2D eigenvalue weighted by molar-refractivity contribution is 4.86. The molecule has 1 aliphatic rings. The average Bonchev–Trinajstić information content (AvgIpc) is 2.40. The van der Waals surface area contributed by atoms with E-state index in [4.69, 9.17) is 5.73 Å². The van der Waals surface area contributed by atoms with Gasteiger partial charge < -0.3 is 15.5 Å². The molecule has 0 bridgehead atoms. The Morgan fingerprint density at radius 2 is 2.00 bits per heavy atom. The van der Waals surface area contributed by atoms with Crippen molar-refractivity contribution in [2.45, 2.75) is 45.2 Å². The average molecular weight is 227 g/mol. The summed E-state index contributed by atoms with van der Waals surface area (Å²) >= 11 is 0. The van der Waals surface area contributed by atoms with Crippen molar-refractivity contribution in [1.82, 2.24) is 9.80 Å². The van der Waals surface area contributed by atoms with Crippen LogP contribution >= 0.6 is 0 Å². The third-order valence-electron chi connectivity index (χ3n) is 3.98. The van der Waals surface area contributed by atoms with Crippen molar-refractivity contribution in [2.24, 2.45) is 11.7 Å². The number of hydrogen-bond acceptors (Lipinski definition) is 3. The van der Waals surface area contributed by atoms with Crippen LogP contribution < -0.4 is 5.73 Å². The molecule has 3 atom stereocenters. The molecule has 3 unspecified atom stereocenters. The highest BCUT2D eigenvalue weighted by Crippen LogP contribution is 2.16. The molecule has 0 aromatic rings. The van der Waals surface area contributed by atoms with Gasteiger partial charge >= 0.3 is 0 Å². The van der Waals surface area contributed by atoms with Gasteiger partial charge in [-0.25, -0.2) is 0 Å². The molecule has 0 radical (unpaired) electrons. The molecule has 1 heterocycles. The van der Waals surface area contributed by atoms with Crippen LogP contribution in [0.1, 0.15) is 33.1 Å². The monoisotopic (exact) mass is 227 g/mol. The molecular formula is C13H29N3. The first-order valence-corrected chi connectivity index (χ1v) is 6.69. The van der Waals surface area contributed by atoms with Crippen LogP contribution in [-0.2, 0) is 0 Å². The van der Waals surface area contributed by atoms with E-state index < -0.39 is 0 Å². The van der Waals surface area contributed by atoms with Gasteiger partial charge in [0.2, 0.25) is 0 Å². The van der Waals surface area contributed by atoms with Crippen molar-refractivity contribution in [1.29, 1.82) is 0 Å². The van der Waals surface area contributed by atoms with Gasteiger partial charge in [-0.2, -0.15) is 0 Å². The SMILES string of the molecule is CCC(C)CC(N)C1CN(C)CCCN1C. The lowest BCUT2D eigenvalue weighted by molar-refractivity contribution is 0.182. The van der Waals surface area contributed by atoms with Gasteiger partial charge in [0, 0.05) is 18.6 Å². The maximum absolute atomic E-state index is 6.38. The number of likely N-dealkylation sites (N-methyl/N-ethyl adjacent to an activating group) is 2. The van der Waals surface area contributed by atoms with E-state index in [1.54, 1.807) is 0 Å². The van der Waals surface area contributed by atoms with E-state index in [0.29, 0.717) is 12.1 Å². The van der Waals surface area contributed by atoms with Crippen molar-refractivity contribution < 1.29 is 0 Å². The third-order valence-corrected chi connectivity index (χ3v) is 3.98. The minimum atomic E-state index is 0.320. The van der Waals surface area contributed by atoms with Crippen LogP contribution in [0.2, 0.25) is 0 Å². The zero-order valence-corrected chi connectivity index (χ0v) is 11.4. The summed E-state index contributed by atoms with van der Waals surface area (Å²) in [5, 5.41) is 0. The summed E-state index contributed by atoms with van der Waals surface area (Å²) in [7, 11) is 4.43. The summed E-state index contributed by atoms with van der Waals surface area (Å²) in [4.78, 5) is 4.88. The molecule has 3 nitrogen and oxygen atoms in total. The molecule has 1 saturated heterocycles. The summed E-state index contributed by atoms with van der Waals surface area (Å²) in [6, 6.07) is 0.849. The fourth-order valence-corrected chi connectivity index (χ4v) is 2.56. The van der Waals surface area contributed by atoms with Crippen molar-refractivity contribution in [2.75, 3.05) is 33.7 Å². The lowest BCUT2D eigenvalue weighted by Crippen LogP contribution is -2.50. The van der Waals surface area contributed by atoms with Crippen LogP contribution in [0.4, 0.5) is 0 Å². The molecule has 0 aliphatic carbocycles. The van der Waals surface area contributed by atoms with Crippen LogP contribution in [0.5, 0.6) is 0 Å². The zero-order valence-electron chi connectivity index (χ0n) is 11.4. The van der Waals surface area contributed by atoms with E-state index in [1.165, 1.54) is 25.9 Å². The number of nitrogens with zero attached hydrogens (tertiary/aromatic N) is 2. The molecule has 0 amide bonds. The summed E-state index contributed by atoms with van der Waals surface area (Å²) in [6.45, 7) is 8.06. The van der Waals surface area contributed by atoms with Crippen LogP contribution in [0, 0.1) is 5.92 Å². The Labute approximate surface area is 101 Å². The van der Waals surface area contributed by atoms with Gasteiger partial charge in [0.05, 0.1) is 0 Å². The Hall–Kier alpha value is -0.120. The topological polar surface area (TPSA) is 32.5 Å². The Morgan fingerprint density at radius 1 is 1.31 bits per heavy atom. The first kappa shape index (κ1) is 13.9. The van der Waals surface area contributed by atoms with E-state index in [1.807, 2.05) is 0 Å². The summed E-state index contributed by atoms with van der Waals surface area (Å²) in [5.41, 5.74) is 6.38. The highest BCUT2D eigenvalue weighted by Gasteiger charge is 2.26. The maximum atomic E-state index is 6.38. The number of nitrogens with two attached hydrogens (primary N) is 1. The second kappa shape index (κ2) is 6.58. The summed E-state index contributed by atoms with van der Waals surface area (Å²) in [5.74, 6) is 0.747. The number of hydrogen-bond donors (Lipinski definition) is 1. The van der Waals surface area contributed by atoms with Crippen LogP contribution in [0.25, 0.3) is 0 Å². The Morgan fingerprint density at radius 3 is 2.62 bits per heavy atom. The largest absolute Gasteiger partial charge is 0.326 e. The van der Waals surface area contributed by atoms with Crippen LogP contribution in [0.15, 0.2) is 0 Å². The standard InChI is InChI=1S/C13H29N3/c1-5-11(2)9-12(14)13-10-15(3)7-6-8-16(13)4/h11-13H,5-10,14H2,1-4H3. The van der Waals surface area contributed by atoms with E-state index >= 15 is 0 Å². The molecule has 0 aromatic carbocycles. The number of rotatable bonds is 4. The molecule has 96 valence electrons. The minimum absolute atomic E-state index is 0.320. The van der Waals surface area contributed by atoms with Gasteiger partial charge in [-0.3, -0.25) is 0 Å². The van der Waals surface area contributed by atoms with E-state index in [9.17, 15) is 0 Å². The molecule has 0 spiro atoms. The highest BCUT2D eigenvalue weighted by atomic mass is 15.2. The Kier molecular flexibility index (Phi) is 5.73. The molecule has 0 saturated carbocycles. The first-order valence-electron chi connectivity index (χ1n) is 6.69. The third kappa shape index (κ3) is 4.04. The van der Waals surface area contributed by atoms with Crippen molar-refractivity contribution in [3.63, 3.8) is 0 Å². The van der Waals surface area contributed by atoms with Crippen molar-refractivity contribution in [3.05, 3.63) is 0 Å². The molecular weight excluding hydrogens is 198 g/mol. The maximum Gasteiger partial charge on any atom is 0.0371 e. The second-order valence-corrected chi connectivity index (χ2v) is 5.58. The fraction of sp³-hybridized carbons (Fsp3) is 1.00. The Balaban J connectivity index is 2.53. The van der Waals surface area contributed by atoms with Gasteiger partial charge in [0.25, 0.3) is 0 Å². The molecule has 3 heteroatoms. The van der Waals surface area contributed by atoms with Gasteiger partial charge in [0.1, 0.15) is 0 Å². The fourth-order valence-electron chi connectivity index (χ4n) is 2.56. The lowest BCUT2D eigenvalue weighted by atomic mass is 9.94. The van der Waals surface area contributed by atoms with Crippen LogP contribution in [0.3, 0.4) is 0 Å². The summed E-state index contributed by atoms with van der Waals surface area (Å²) < 4.78 is 0. The minimum Gasteiger partial charge on any atom is -0.326 e. The van der Waals surface area contributed by atoms with E-state index in [0.717, 1.165) is 18.9 Å². The van der Waals surface area contributed by atoms with Crippen molar-refractivity contribution in [3.8, 4) is 0 Å². The zero-order chi connectivity index (χ0) is 12.1. The van der Waals surface area contributed by atoms with E-state index in [-0.39, 0.29) is 0 Å². The predicted molar refractivity (Wildman–Crippen MR) is 70.6 cm³/mol. The molecule has 1 rings (SSSR count). The van der Waals surface area contributed by atoms with Gasteiger partial charge in [0.15, 0.2) is 0 Å². The molecule has 1 fully saturated rings. The molecule has 2 N–H and O–H groups in total. The van der Waals surface area contributed by atoms with Gasteiger partial charge in [-0.05, 0) is 45.9 Å². The molecule has 16 heavy (non-hydrogen) atoms. The predicted octanol–water partition coefficient (Wildman–Crippen LogP) is 1.39. The quantitative estimate of drug-likeness (QED) is 0.788. The molecule has 0 aromatic heterocycles. The van der Waals surface area contributed by atoms with E-state index in [2.05, 4.69) is 37.7 Å². The Bertz CT molecular complexity index is 196. The first-order chi connectivity index (χ1) is 7.54. The smallest absolute Gasteiger partial charge is 0.0371 e.